The number of sulfone groups is 1. The number of ether oxygens (including phenoxy) is 1. The molecule has 1 N–H and O–H groups in total. The molecule has 0 aliphatic carbocycles. The average molecular weight is 403 g/mol. The van der Waals surface area contributed by atoms with Crippen LogP contribution >= 0.6 is 11.3 Å². The summed E-state index contributed by atoms with van der Waals surface area (Å²) in [6.07, 6.45) is 0. The van der Waals surface area contributed by atoms with Crippen molar-refractivity contribution in [1.82, 2.24) is 0 Å². The number of nitrogens with one attached hydrogen (secondary N) is 1. The molecule has 0 aliphatic rings. The number of benzene rings is 1. The molecule has 26 heavy (non-hydrogen) atoms. The first kappa shape index (κ1) is 20.0. The molecule has 0 atom stereocenters. The smallest absolute Gasteiger partial charge is 0.348 e. The van der Waals surface area contributed by atoms with Gasteiger partial charge in [-0.2, -0.15) is 8.78 Å². The number of aryl methyl sites for hydroxylation is 1. The van der Waals surface area contributed by atoms with Crippen LogP contribution in [0.5, 0.6) is 0 Å². The predicted octanol–water partition coefficient (Wildman–Crippen LogP) is 3.48. The van der Waals surface area contributed by atoms with E-state index in [1.54, 1.807) is 19.9 Å². The van der Waals surface area contributed by atoms with Gasteiger partial charge in [-0.3, -0.25) is 4.79 Å². The van der Waals surface area contributed by atoms with Crippen LogP contribution in [0.2, 0.25) is 0 Å². The van der Waals surface area contributed by atoms with E-state index in [9.17, 15) is 26.8 Å². The van der Waals surface area contributed by atoms with E-state index in [0.717, 1.165) is 35.6 Å². The van der Waals surface area contributed by atoms with E-state index in [-0.39, 0.29) is 12.2 Å². The highest BCUT2D eigenvalue weighted by atomic mass is 32.2. The molecule has 1 aromatic heterocycles. The van der Waals surface area contributed by atoms with E-state index >= 15 is 0 Å². The first-order valence-electron chi connectivity index (χ1n) is 7.37. The van der Waals surface area contributed by atoms with Gasteiger partial charge < -0.3 is 10.1 Å². The first-order chi connectivity index (χ1) is 12.2. The summed E-state index contributed by atoms with van der Waals surface area (Å²) in [4.78, 5) is 23.8. The standard InChI is InChI=1S/C16H15F2NO5S2/c1-3-24-15(21)13-9(2)8-12(25-13)19-14(20)10-4-6-11(7-5-10)26(22,23)16(17)18/h4-8,16H,3H2,1-2H3,(H,19,20). The molecule has 0 bridgehead atoms. The Labute approximate surface area is 152 Å². The molecule has 6 nitrogen and oxygen atoms in total. The van der Waals surface area contributed by atoms with Crippen molar-refractivity contribution in [3.8, 4) is 0 Å². The van der Waals surface area contributed by atoms with Crippen LogP contribution in [-0.4, -0.2) is 32.7 Å². The van der Waals surface area contributed by atoms with Crippen molar-refractivity contribution in [2.75, 3.05) is 11.9 Å². The van der Waals surface area contributed by atoms with Gasteiger partial charge in [-0.1, -0.05) is 0 Å². The van der Waals surface area contributed by atoms with Gasteiger partial charge >= 0.3 is 11.7 Å². The molecule has 0 saturated heterocycles. The Hall–Kier alpha value is -2.33. The van der Waals surface area contributed by atoms with E-state index in [2.05, 4.69) is 5.32 Å². The van der Waals surface area contributed by atoms with Crippen molar-refractivity contribution in [1.29, 1.82) is 0 Å². The van der Waals surface area contributed by atoms with E-state index in [0.29, 0.717) is 15.4 Å². The molecular formula is C16H15F2NO5S2. The van der Waals surface area contributed by atoms with Crippen molar-refractivity contribution in [2.24, 2.45) is 0 Å². The molecule has 140 valence electrons. The SMILES string of the molecule is CCOC(=O)c1sc(NC(=O)c2ccc(S(=O)(=O)C(F)F)cc2)cc1C. The summed E-state index contributed by atoms with van der Waals surface area (Å²) in [5.41, 5.74) is 0.726. The number of alkyl halides is 2. The topological polar surface area (TPSA) is 89.5 Å². The molecule has 0 saturated carbocycles. The van der Waals surface area contributed by atoms with Crippen LogP contribution in [0.15, 0.2) is 35.2 Å². The highest BCUT2D eigenvalue weighted by Gasteiger charge is 2.26. The summed E-state index contributed by atoms with van der Waals surface area (Å²) in [6, 6.07) is 5.76. The number of hydrogen-bond donors (Lipinski definition) is 1. The van der Waals surface area contributed by atoms with Crippen molar-refractivity contribution < 1.29 is 31.5 Å². The molecule has 0 aliphatic heterocycles. The van der Waals surface area contributed by atoms with Gasteiger partial charge in [0.05, 0.1) is 16.5 Å². The normalized spacial score (nSPS) is 11.4. The summed E-state index contributed by atoms with van der Waals surface area (Å²) in [6.45, 7) is 3.61. The Morgan fingerprint density at radius 2 is 1.85 bits per heavy atom. The zero-order valence-electron chi connectivity index (χ0n) is 13.8. The number of halogens is 2. The zero-order chi connectivity index (χ0) is 19.5. The minimum absolute atomic E-state index is 0.0851. The fourth-order valence-corrected chi connectivity index (χ4v) is 3.71. The Kier molecular flexibility index (Phi) is 6.09. The Balaban J connectivity index is 2.16. The average Bonchev–Trinajstić information content (AvgIpc) is 2.95. The number of carbonyl (C=O) groups excluding carboxylic acids is 2. The van der Waals surface area contributed by atoms with Gasteiger partial charge in [0.2, 0.25) is 9.84 Å². The lowest BCUT2D eigenvalue weighted by atomic mass is 10.2. The molecule has 0 radical (unpaired) electrons. The summed E-state index contributed by atoms with van der Waals surface area (Å²) in [7, 11) is -4.71. The number of carbonyl (C=O) groups is 2. The lowest BCUT2D eigenvalue weighted by Crippen LogP contribution is -2.13. The number of anilines is 1. The minimum Gasteiger partial charge on any atom is -0.462 e. The quantitative estimate of drug-likeness (QED) is 0.746. The first-order valence-corrected chi connectivity index (χ1v) is 9.74. The lowest BCUT2D eigenvalue weighted by molar-refractivity contribution is 0.0531. The maximum Gasteiger partial charge on any atom is 0.348 e. The fraction of sp³-hybridized carbons (Fsp3) is 0.250. The van der Waals surface area contributed by atoms with E-state index in [1.807, 2.05) is 0 Å². The molecule has 1 amide bonds. The van der Waals surface area contributed by atoms with Gasteiger partial charge in [0.25, 0.3) is 5.91 Å². The summed E-state index contributed by atoms with van der Waals surface area (Å²) < 4.78 is 52.7. The number of rotatable bonds is 6. The molecule has 1 heterocycles. The number of hydrogen-bond acceptors (Lipinski definition) is 6. The molecule has 2 aromatic rings. The second-order valence-corrected chi connectivity index (χ2v) is 8.10. The van der Waals surface area contributed by atoms with Crippen molar-refractivity contribution in [2.45, 2.75) is 24.5 Å². The second kappa shape index (κ2) is 7.92. The summed E-state index contributed by atoms with van der Waals surface area (Å²) in [5, 5.41) is 2.97. The third-order valence-electron chi connectivity index (χ3n) is 3.29. The highest BCUT2D eigenvalue weighted by molar-refractivity contribution is 7.91. The second-order valence-electron chi connectivity index (χ2n) is 5.13. The number of esters is 1. The highest BCUT2D eigenvalue weighted by Crippen LogP contribution is 2.28. The third-order valence-corrected chi connectivity index (χ3v) is 5.83. The van der Waals surface area contributed by atoms with E-state index < -0.39 is 32.4 Å². The Morgan fingerprint density at radius 1 is 1.23 bits per heavy atom. The van der Waals surface area contributed by atoms with Crippen LogP contribution in [0.4, 0.5) is 13.8 Å². The summed E-state index contributed by atoms with van der Waals surface area (Å²) >= 11 is 1.04. The van der Waals surface area contributed by atoms with Gasteiger partial charge in [0.15, 0.2) is 0 Å². The van der Waals surface area contributed by atoms with Crippen LogP contribution < -0.4 is 5.32 Å². The molecule has 0 spiro atoms. The van der Waals surface area contributed by atoms with Crippen LogP contribution in [0.25, 0.3) is 0 Å². The molecule has 0 fully saturated rings. The predicted molar refractivity (Wildman–Crippen MR) is 92.6 cm³/mol. The number of amides is 1. The van der Waals surface area contributed by atoms with Gasteiger partial charge in [-0.25, -0.2) is 13.2 Å². The van der Waals surface area contributed by atoms with Gasteiger partial charge in [-0.05, 0) is 49.7 Å². The zero-order valence-corrected chi connectivity index (χ0v) is 15.4. The van der Waals surface area contributed by atoms with E-state index in [1.165, 1.54) is 0 Å². The van der Waals surface area contributed by atoms with Crippen molar-refractivity contribution in [3.05, 3.63) is 46.3 Å². The van der Waals surface area contributed by atoms with Crippen LogP contribution in [0.3, 0.4) is 0 Å². The molecular weight excluding hydrogens is 388 g/mol. The fourth-order valence-electron chi connectivity index (χ4n) is 2.03. The van der Waals surface area contributed by atoms with E-state index in [4.69, 9.17) is 4.74 Å². The van der Waals surface area contributed by atoms with Crippen molar-refractivity contribution >= 4 is 38.1 Å². The lowest BCUT2D eigenvalue weighted by Gasteiger charge is -2.05. The monoisotopic (exact) mass is 403 g/mol. The molecule has 1 aromatic carbocycles. The van der Waals surface area contributed by atoms with Gasteiger partial charge in [0.1, 0.15) is 4.88 Å². The third kappa shape index (κ3) is 4.25. The van der Waals surface area contributed by atoms with Crippen LogP contribution in [-0.2, 0) is 14.6 Å². The maximum absolute atomic E-state index is 12.5. The molecule has 10 heteroatoms. The number of thiophene rings is 1. The molecule has 0 unspecified atom stereocenters. The largest absolute Gasteiger partial charge is 0.462 e. The van der Waals surface area contributed by atoms with Crippen LogP contribution in [0.1, 0.15) is 32.5 Å². The van der Waals surface area contributed by atoms with Crippen LogP contribution in [0, 0.1) is 6.92 Å². The molecule has 2 rings (SSSR count). The van der Waals surface area contributed by atoms with Crippen molar-refractivity contribution in [3.63, 3.8) is 0 Å². The summed E-state index contributed by atoms with van der Waals surface area (Å²) in [5.74, 6) is -4.59. The maximum atomic E-state index is 12.5. The van der Waals surface area contributed by atoms with Gasteiger partial charge in [0, 0.05) is 5.56 Å². The Bertz CT molecular complexity index is 921. The van der Waals surface area contributed by atoms with Gasteiger partial charge in [-0.15, -0.1) is 11.3 Å². The Morgan fingerprint density at radius 3 is 2.38 bits per heavy atom. The minimum atomic E-state index is -4.71.